The van der Waals surface area contributed by atoms with Crippen molar-refractivity contribution < 1.29 is 4.79 Å². The van der Waals surface area contributed by atoms with Gasteiger partial charge >= 0.3 is 0 Å². The van der Waals surface area contributed by atoms with Gasteiger partial charge in [0, 0.05) is 31.2 Å². The third-order valence-corrected chi connectivity index (χ3v) is 5.91. The van der Waals surface area contributed by atoms with Crippen LogP contribution < -0.4 is 5.73 Å². The summed E-state index contributed by atoms with van der Waals surface area (Å²) in [6, 6.07) is 16.4. The number of nitrogens with zero attached hydrogens (tertiary/aromatic N) is 5. The van der Waals surface area contributed by atoms with Crippen molar-refractivity contribution in [2.75, 3.05) is 32.4 Å². The zero-order valence-electron chi connectivity index (χ0n) is 17.3. The molecule has 0 bridgehead atoms. The Hall–Kier alpha value is -3.19. The topological polar surface area (TPSA) is 80.3 Å². The van der Waals surface area contributed by atoms with Crippen LogP contribution in [0.1, 0.15) is 28.8 Å². The number of carbonyl (C=O) groups excluding carboxylic acids is 1. The van der Waals surface area contributed by atoms with Crippen LogP contribution in [0.2, 0.25) is 0 Å². The van der Waals surface area contributed by atoms with Gasteiger partial charge in [0.05, 0.1) is 11.4 Å². The highest BCUT2D eigenvalue weighted by Crippen LogP contribution is 2.22. The lowest BCUT2D eigenvalue weighted by Gasteiger charge is -2.37. The van der Waals surface area contributed by atoms with Gasteiger partial charge in [-0.2, -0.15) is 5.10 Å². The maximum Gasteiger partial charge on any atom is 0.253 e. The molecule has 0 unspecified atom stereocenters. The molecule has 3 aromatic rings. The molecule has 2 heterocycles. The summed E-state index contributed by atoms with van der Waals surface area (Å²) in [4.78, 5) is 21.4. The molecular formula is C23H28N6O. The van der Waals surface area contributed by atoms with Crippen molar-refractivity contribution in [3.8, 4) is 5.69 Å². The first kappa shape index (κ1) is 20.1. The molecule has 1 saturated heterocycles. The Balaban J connectivity index is 1.34. The third kappa shape index (κ3) is 4.52. The van der Waals surface area contributed by atoms with E-state index in [1.165, 1.54) is 11.9 Å². The molecule has 2 N–H and O–H groups in total. The van der Waals surface area contributed by atoms with Gasteiger partial charge in [0.15, 0.2) is 0 Å². The summed E-state index contributed by atoms with van der Waals surface area (Å²) in [6.45, 7) is 2.56. The van der Waals surface area contributed by atoms with E-state index in [0.717, 1.165) is 38.9 Å². The van der Waals surface area contributed by atoms with Crippen molar-refractivity contribution in [3.05, 3.63) is 72.3 Å². The molecule has 1 amide bonds. The zero-order valence-corrected chi connectivity index (χ0v) is 17.3. The van der Waals surface area contributed by atoms with E-state index in [1.54, 1.807) is 29.2 Å². The van der Waals surface area contributed by atoms with Crippen LogP contribution in [-0.2, 0) is 6.42 Å². The highest BCUT2D eigenvalue weighted by Gasteiger charge is 2.26. The fourth-order valence-electron chi connectivity index (χ4n) is 4.03. The Morgan fingerprint density at radius 2 is 1.93 bits per heavy atom. The maximum absolute atomic E-state index is 13.0. The van der Waals surface area contributed by atoms with Gasteiger partial charge in [-0.1, -0.05) is 30.3 Å². The van der Waals surface area contributed by atoms with E-state index in [4.69, 9.17) is 5.73 Å². The number of aromatic nitrogens is 3. The summed E-state index contributed by atoms with van der Waals surface area (Å²) < 4.78 is 1.58. The van der Waals surface area contributed by atoms with Crippen LogP contribution in [0, 0.1) is 0 Å². The lowest BCUT2D eigenvalue weighted by molar-refractivity contribution is 0.0647. The summed E-state index contributed by atoms with van der Waals surface area (Å²) >= 11 is 0. The molecule has 0 atom stereocenters. The Morgan fingerprint density at radius 3 is 2.63 bits per heavy atom. The molecule has 1 aliphatic heterocycles. The second-order valence-electron chi connectivity index (χ2n) is 7.85. The summed E-state index contributed by atoms with van der Waals surface area (Å²) in [5.41, 5.74) is 9.30. The summed E-state index contributed by atoms with van der Waals surface area (Å²) in [7, 11) is 2.19. The number of hydrogen-bond acceptors (Lipinski definition) is 5. The Kier molecular flexibility index (Phi) is 6.09. The standard InChI is InChI=1S/C23H28N6O/c1-27(12-9-18-5-3-2-4-6-18)20-10-13-28(14-11-20)23(30)19-7-8-21(24)22(15-19)29-17-25-16-26-29/h2-8,15-17,20H,9-14,24H2,1H3. The number of carbonyl (C=O) groups is 1. The van der Waals surface area contributed by atoms with Gasteiger partial charge in [-0.25, -0.2) is 9.67 Å². The molecule has 2 aromatic carbocycles. The van der Waals surface area contributed by atoms with Crippen LogP contribution in [0.25, 0.3) is 5.69 Å². The van der Waals surface area contributed by atoms with Gasteiger partial charge in [-0.15, -0.1) is 0 Å². The normalized spacial score (nSPS) is 14.9. The third-order valence-electron chi connectivity index (χ3n) is 5.91. The summed E-state index contributed by atoms with van der Waals surface area (Å²) in [5.74, 6) is 0.0433. The lowest BCUT2D eigenvalue weighted by atomic mass is 10.0. The molecule has 1 fully saturated rings. The van der Waals surface area contributed by atoms with E-state index in [2.05, 4.69) is 52.4 Å². The number of anilines is 1. The predicted molar refractivity (Wildman–Crippen MR) is 117 cm³/mol. The Morgan fingerprint density at radius 1 is 1.17 bits per heavy atom. The van der Waals surface area contributed by atoms with Crippen molar-refractivity contribution in [2.24, 2.45) is 0 Å². The van der Waals surface area contributed by atoms with E-state index in [0.29, 0.717) is 23.0 Å². The molecule has 156 valence electrons. The van der Waals surface area contributed by atoms with Gasteiger partial charge in [0.1, 0.15) is 12.7 Å². The van der Waals surface area contributed by atoms with Gasteiger partial charge < -0.3 is 15.5 Å². The summed E-state index contributed by atoms with van der Waals surface area (Å²) in [6.07, 6.45) is 6.06. The number of benzene rings is 2. The fraction of sp³-hybridized carbons (Fsp3) is 0.348. The molecule has 1 aromatic heterocycles. The van der Waals surface area contributed by atoms with Gasteiger partial charge in [0.2, 0.25) is 0 Å². The van der Waals surface area contributed by atoms with Gasteiger partial charge in [-0.3, -0.25) is 4.79 Å². The van der Waals surface area contributed by atoms with Gasteiger partial charge in [0.25, 0.3) is 5.91 Å². The van der Waals surface area contributed by atoms with Crippen LogP contribution in [0.15, 0.2) is 61.2 Å². The number of nitrogen functional groups attached to an aromatic ring is 1. The SMILES string of the molecule is CN(CCc1ccccc1)C1CCN(C(=O)c2ccc(N)c(-n3cncn3)c2)CC1. The van der Waals surface area contributed by atoms with E-state index in [1.807, 2.05) is 4.90 Å². The van der Waals surface area contributed by atoms with Crippen molar-refractivity contribution in [1.82, 2.24) is 24.6 Å². The molecule has 30 heavy (non-hydrogen) atoms. The minimum absolute atomic E-state index is 0.0433. The van der Waals surface area contributed by atoms with Crippen LogP contribution in [0.3, 0.4) is 0 Å². The quantitative estimate of drug-likeness (QED) is 0.639. The highest BCUT2D eigenvalue weighted by molar-refractivity contribution is 5.95. The number of amides is 1. The molecule has 4 rings (SSSR count). The van der Waals surface area contributed by atoms with Crippen LogP contribution in [0.5, 0.6) is 0 Å². The molecule has 7 nitrogen and oxygen atoms in total. The molecule has 0 saturated carbocycles. The summed E-state index contributed by atoms with van der Waals surface area (Å²) in [5, 5.41) is 4.12. The average Bonchev–Trinajstić information content (AvgIpc) is 3.33. The minimum Gasteiger partial charge on any atom is -0.397 e. The van der Waals surface area contributed by atoms with Crippen LogP contribution >= 0.6 is 0 Å². The first-order chi connectivity index (χ1) is 14.6. The Bertz CT molecular complexity index is 965. The number of nitrogens with two attached hydrogens (primary N) is 1. The largest absolute Gasteiger partial charge is 0.397 e. The fourth-order valence-corrected chi connectivity index (χ4v) is 4.03. The molecule has 0 spiro atoms. The second kappa shape index (κ2) is 9.09. The van der Waals surface area contributed by atoms with Crippen molar-refractivity contribution in [3.63, 3.8) is 0 Å². The minimum atomic E-state index is 0.0433. The second-order valence-corrected chi connectivity index (χ2v) is 7.85. The number of piperidine rings is 1. The van der Waals surface area contributed by atoms with Gasteiger partial charge in [-0.05, 0) is 50.1 Å². The molecular weight excluding hydrogens is 376 g/mol. The first-order valence-corrected chi connectivity index (χ1v) is 10.4. The smallest absolute Gasteiger partial charge is 0.253 e. The number of rotatable bonds is 6. The van der Waals surface area contributed by atoms with Crippen LogP contribution in [-0.4, -0.2) is 63.2 Å². The van der Waals surface area contributed by atoms with E-state index in [9.17, 15) is 4.79 Å². The number of likely N-dealkylation sites (N-methyl/N-ethyl adjacent to an activating group) is 1. The number of likely N-dealkylation sites (tertiary alicyclic amines) is 1. The highest BCUT2D eigenvalue weighted by atomic mass is 16.2. The molecule has 0 radical (unpaired) electrons. The molecule has 1 aliphatic rings. The molecule has 0 aliphatic carbocycles. The molecule has 7 heteroatoms. The van der Waals surface area contributed by atoms with Crippen molar-refractivity contribution >= 4 is 11.6 Å². The maximum atomic E-state index is 13.0. The van der Waals surface area contributed by atoms with E-state index in [-0.39, 0.29) is 5.91 Å². The first-order valence-electron chi connectivity index (χ1n) is 10.4. The average molecular weight is 405 g/mol. The van der Waals surface area contributed by atoms with Crippen LogP contribution in [0.4, 0.5) is 5.69 Å². The lowest BCUT2D eigenvalue weighted by Crippen LogP contribution is -2.46. The van der Waals surface area contributed by atoms with E-state index < -0.39 is 0 Å². The van der Waals surface area contributed by atoms with Crippen molar-refractivity contribution in [1.29, 1.82) is 0 Å². The predicted octanol–water partition coefficient (Wildman–Crippen LogP) is 2.63. The zero-order chi connectivity index (χ0) is 20.9. The van der Waals surface area contributed by atoms with E-state index >= 15 is 0 Å². The van der Waals surface area contributed by atoms with Crippen molar-refractivity contribution in [2.45, 2.75) is 25.3 Å². The monoisotopic (exact) mass is 404 g/mol. The Labute approximate surface area is 177 Å². The number of hydrogen-bond donors (Lipinski definition) is 1.